The first kappa shape index (κ1) is 12.1. The highest BCUT2D eigenvalue weighted by atomic mass is 79.9. The molecular weight excluding hydrogens is 315 g/mol. The summed E-state index contributed by atoms with van der Waals surface area (Å²) >= 11 is 10.5. The molecule has 0 spiro atoms. The summed E-state index contributed by atoms with van der Waals surface area (Å²) in [6, 6.07) is 1.68. The number of benzene rings is 1. The monoisotopic (exact) mass is 320 g/mol. The van der Waals surface area contributed by atoms with Gasteiger partial charge in [-0.1, -0.05) is 18.5 Å². The van der Waals surface area contributed by atoms with Crippen LogP contribution in [0, 0.1) is 5.82 Å². The van der Waals surface area contributed by atoms with Crippen molar-refractivity contribution in [2.45, 2.75) is 11.9 Å². The Hall–Kier alpha value is -0.390. The third kappa shape index (κ3) is 2.04. The Bertz CT molecular complexity index is 550. The number of fused-ring (bicyclic) bond motifs is 1. The molecule has 1 aromatic carbocycles. The van der Waals surface area contributed by atoms with Crippen molar-refractivity contribution in [2.24, 2.45) is 0 Å². The van der Waals surface area contributed by atoms with Crippen LogP contribution >= 0.6 is 39.3 Å². The zero-order valence-electron chi connectivity index (χ0n) is 8.30. The lowest BCUT2D eigenvalue weighted by Crippen LogP contribution is -1.92. The van der Waals surface area contributed by atoms with Gasteiger partial charge in [0.05, 0.1) is 9.50 Å². The summed E-state index contributed by atoms with van der Waals surface area (Å²) in [5, 5.41) is 1.73. The minimum absolute atomic E-state index is 0.243. The molecule has 0 bridgehead atoms. The maximum Gasteiger partial charge on any atom is 0.165 e. The van der Waals surface area contributed by atoms with E-state index in [1.165, 1.54) is 18.1 Å². The summed E-state index contributed by atoms with van der Waals surface area (Å²) < 4.78 is 14.1. The van der Waals surface area contributed by atoms with Gasteiger partial charge >= 0.3 is 0 Å². The lowest BCUT2D eigenvalue weighted by Gasteiger charge is -2.06. The van der Waals surface area contributed by atoms with Gasteiger partial charge in [-0.05, 0) is 27.7 Å². The molecule has 6 heteroatoms. The molecule has 0 saturated carbocycles. The minimum Gasteiger partial charge on any atom is -0.233 e. The Morgan fingerprint density at radius 2 is 2.25 bits per heavy atom. The molecule has 0 unspecified atom stereocenters. The average Bonchev–Trinajstić information content (AvgIpc) is 2.28. The zero-order valence-corrected chi connectivity index (χ0v) is 11.5. The Labute approximate surface area is 110 Å². The van der Waals surface area contributed by atoms with Gasteiger partial charge in [-0.2, -0.15) is 0 Å². The van der Waals surface area contributed by atoms with E-state index in [-0.39, 0.29) is 4.47 Å². The second-order valence-corrected chi connectivity index (χ2v) is 5.45. The fourth-order valence-corrected chi connectivity index (χ4v) is 2.54. The highest BCUT2D eigenvalue weighted by molar-refractivity contribution is 9.10. The number of nitrogens with zero attached hydrogens (tertiary/aromatic N) is 2. The number of aromatic nitrogens is 2. The van der Waals surface area contributed by atoms with Crippen LogP contribution in [-0.4, -0.2) is 15.7 Å². The molecule has 84 valence electrons. The number of hydrogen-bond donors (Lipinski definition) is 0. The maximum atomic E-state index is 13.8. The summed E-state index contributed by atoms with van der Waals surface area (Å²) in [5.74, 6) is 0.421. The van der Waals surface area contributed by atoms with E-state index in [0.29, 0.717) is 15.9 Å². The first-order valence-electron chi connectivity index (χ1n) is 4.56. The number of thioether (sulfide) groups is 1. The molecule has 0 aliphatic carbocycles. The molecule has 2 aromatic rings. The molecule has 0 amide bonds. The lowest BCUT2D eigenvalue weighted by atomic mass is 10.2. The Kier molecular flexibility index (Phi) is 3.66. The van der Waals surface area contributed by atoms with Crippen molar-refractivity contribution >= 4 is 50.2 Å². The van der Waals surface area contributed by atoms with Crippen LogP contribution in [0.25, 0.3) is 10.9 Å². The lowest BCUT2D eigenvalue weighted by molar-refractivity contribution is 0.629. The molecule has 0 aliphatic heterocycles. The van der Waals surface area contributed by atoms with Gasteiger partial charge in [0, 0.05) is 5.39 Å². The molecule has 0 radical (unpaired) electrons. The van der Waals surface area contributed by atoms with Crippen LogP contribution in [0.2, 0.25) is 5.02 Å². The Morgan fingerprint density at radius 3 is 2.94 bits per heavy atom. The summed E-state index contributed by atoms with van der Waals surface area (Å²) in [4.78, 5) is 8.06. The van der Waals surface area contributed by atoms with E-state index >= 15 is 0 Å². The van der Waals surface area contributed by atoms with E-state index in [1.807, 2.05) is 6.92 Å². The van der Waals surface area contributed by atoms with E-state index in [9.17, 15) is 4.39 Å². The molecule has 16 heavy (non-hydrogen) atoms. The molecule has 0 aliphatic rings. The number of halogens is 3. The van der Waals surface area contributed by atoms with Crippen LogP contribution in [0.5, 0.6) is 0 Å². The second kappa shape index (κ2) is 4.85. The van der Waals surface area contributed by atoms with Gasteiger partial charge in [-0.25, -0.2) is 14.4 Å². The zero-order chi connectivity index (χ0) is 11.7. The van der Waals surface area contributed by atoms with Crippen molar-refractivity contribution < 1.29 is 4.39 Å². The number of rotatable bonds is 2. The first-order valence-corrected chi connectivity index (χ1v) is 6.71. The minimum atomic E-state index is -0.442. The van der Waals surface area contributed by atoms with Crippen LogP contribution in [-0.2, 0) is 0 Å². The molecule has 1 heterocycles. The molecule has 0 atom stereocenters. The molecule has 2 nitrogen and oxygen atoms in total. The van der Waals surface area contributed by atoms with Crippen molar-refractivity contribution in [1.29, 1.82) is 0 Å². The van der Waals surface area contributed by atoms with Crippen LogP contribution in [0.4, 0.5) is 4.39 Å². The average molecular weight is 322 g/mol. The van der Waals surface area contributed by atoms with Crippen molar-refractivity contribution in [3.8, 4) is 0 Å². The van der Waals surface area contributed by atoms with Gasteiger partial charge in [-0.3, -0.25) is 0 Å². The topological polar surface area (TPSA) is 25.8 Å². The Balaban J connectivity index is 2.78. The summed E-state index contributed by atoms with van der Waals surface area (Å²) in [6.45, 7) is 2.01. The number of hydrogen-bond acceptors (Lipinski definition) is 3. The maximum absolute atomic E-state index is 13.8. The van der Waals surface area contributed by atoms with Crippen LogP contribution in [0.3, 0.4) is 0 Å². The third-order valence-corrected chi connectivity index (χ3v) is 4.20. The molecule has 1 aromatic heterocycles. The normalized spacial score (nSPS) is 11.0. The molecule has 2 rings (SSSR count). The largest absolute Gasteiger partial charge is 0.233 e. The van der Waals surface area contributed by atoms with Crippen molar-refractivity contribution in [2.75, 3.05) is 5.75 Å². The van der Waals surface area contributed by atoms with Crippen LogP contribution in [0.15, 0.2) is 21.9 Å². The Morgan fingerprint density at radius 1 is 1.50 bits per heavy atom. The second-order valence-electron chi connectivity index (χ2n) is 2.99. The summed E-state index contributed by atoms with van der Waals surface area (Å²) in [5.41, 5.74) is 0.294. The molecule has 0 fully saturated rings. The fraction of sp³-hybridized carbons (Fsp3) is 0.200. The highest BCUT2D eigenvalue weighted by Crippen LogP contribution is 2.34. The third-order valence-electron chi connectivity index (χ3n) is 2.01. The molecule has 0 saturated heterocycles. The van der Waals surface area contributed by atoms with Gasteiger partial charge in [0.1, 0.15) is 16.9 Å². The predicted octanol–water partition coefficient (Wildman–Crippen LogP) is 4.30. The predicted molar refractivity (Wildman–Crippen MR) is 68.6 cm³/mol. The molecular formula is C10H7BrClFN2S. The van der Waals surface area contributed by atoms with E-state index in [0.717, 1.165) is 10.8 Å². The summed E-state index contributed by atoms with van der Waals surface area (Å²) in [7, 11) is 0. The quantitative estimate of drug-likeness (QED) is 0.468. The SMILES string of the molecule is CCSc1ncnc2c(F)c(Br)c(Cl)cc12. The van der Waals surface area contributed by atoms with Gasteiger partial charge < -0.3 is 0 Å². The summed E-state index contributed by atoms with van der Waals surface area (Å²) in [6.07, 6.45) is 1.36. The van der Waals surface area contributed by atoms with Gasteiger partial charge in [0.15, 0.2) is 5.82 Å². The van der Waals surface area contributed by atoms with Crippen LogP contribution < -0.4 is 0 Å². The van der Waals surface area contributed by atoms with E-state index in [1.54, 1.807) is 6.07 Å². The van der Waals surface area contributed by atoms with E-state index < -0.39 is 5.82 Å². The van der Waals surface area contributed by atoms with Crippen molar-refractivity contribution in [1.82, 2.24) is 9.97 Å². The fourth-order valence-electron chi connectivity index (χ4n) is 1.34. The first-order chi connectivity index (χ1) is 7.65. The van der Waals surface area contributed by atoms with Crippen molar-refractivity contribution in [3.63, 3.8) is 0 Å². The van der Waals surface area contributed by atoms with E-state index in [4.69, 9.17) is 11.6 Å². The van der Waals surface area contributed by atoms with Crippen LogP contribution in [0.1, 0.15) is 6.92 Å². The smallest absolute Gasteiger partial charge is 0.165 e. The van der Waals surface area contributed by atoms with Crippen molar-refractivity contribution in [3.05, 3.63) is 27.7 Å². The molecule has 0 N–H and O–H groups in total. The van der Waals surface area contributed by atoms with Gasteiger partial charge in [-0.15, -0.1) is 11.8 Å². The van der Waals surface area contributed by atoms with E-state index in [2.05, 4.69) is 25.9 Å². The highest BCUT2D eigenvalue weighted by Gasteiger charge is 2.14. The standard InChI is InChI=1S/C10H7BrClFN2S/c1-2-16-10-5-3-6(12)7(11)8(13)9(5)14-4-15-10/h3-4H,2H2,1H3. The van der Waals surface area contributed by atoms with Gasteiger partial charge in [0.2, 0.25) is 0 Å². The van der Waals surface area contributed by atoms with Gasteiger partial charge in [0.25, 0.3) is 0 Å².